The van der Waals surface area contributed by atoms with Gasteiger partial charge >= 0.3 is 6.09 Å². The fourth-order valence-electron chi connectivity index (χ4n) is 3.55. The van der Waals surface area contributed by atoms with Gasteiger partial charge in [0.1, 0.15) is 5.60 Å². The summed E-state index contributed by atoms with van der Waals surface area (Å²) in [7, 11) is 0. The van der Waals surface area contributed by atoms with Crippen LogP contribution in [0.25, 0.3) is 0 Å². The van der Waals surface area contributed by atoms with Crippen LogP contribution in [-0.4, -0.2) is 28.7 Å². The first-order valence-corrected chi connectivity index (χ1v) is 8.30. The minimum atomic E-state index is -0.538. The Morgan fingerprint density at radius 2 is 2.13 bits per heavy atom. The molecule has 1 aromatic rings. The molecule has 2 atom stereocenters. The van der Waals surface area contributed by atoms with E-state index in [0.717, 1.165) is 18.4 Å². The summed E-state index contributed by atoms with van der Waals surface area (Å²) in [5, 5.41) is 10.4. The van der Waals surface area contributed by atoms with Crippen molar-refractivity contribution in [1.29, 1.82) is 5.26 Å². The van der Waals surface area contributed by atoms with Gasteiger partial charge in [-0.05, 0) is 51.3 Å². The van der Waals surface area contributed by atoms with Gasteiger partial charge in [-0.3, -0.25) is 0 Å². The lowest BCUT2D eigenvalue weighted by Gasteiger charge is -2.29. The summed E-state index contributed by atoms with van der Waals surface area (Å²) in [4.78, 5) is 14.4. The molecule has 0 bridgehead atoms. The van der Waals surface area contributed by atoms with Crippen molar-refractivity contribution in [2.24, 2.45) is 5.92 Å². The fourth-order valence-corrected chi connectivity index (χ4v) is 3.75. The number of nitriles is 1. The molecule has 2 aliphatic rings. The first-order chi connectivity index (χ1) is 10.8. The third-order valence-corrected chi connectivity index (χ3v) is 4.93. The summed E-state index contributed by atoms with van der Waals surface area (Å²) in [6.45, 7) is 6.08. The van der Waals surface area contributed by atoms with Gasteiger partial charge < -0.3 is 9.64 Å². The molecule has 1 aliphatic carbocycles. The second kappa shape index (κ2) is 5.42. The second-order valence-electron chi connectivity index (χ2n) is 7.46. The lowest BCUT2D eigenvalue weighted by atomic mass is 9.85. The summed E-state index contributed by atoms with van der Waals surface area (Å²) in [6, 6.07) is 10.0. The Morgan fingerprint density at radius 1 is 1.43 bits per heavy atom. The predicted octanol–water partition coefficient (Wildman–Crippen LogP) is 4.35. The topological polar surface area (TPSA) is 53.3 Å². The molecule has 1 aromatic carbocycles. The number of likely N-dealkylation sites (tertiary alicyclic amines) is 1. The van der Waals surface area contributed by atoms with Gasteiger partial charge in [-0.1, -0.05) is 23.7 Å². The van der Waals surface area contributed by atoms with E-state index in [1.807, 2.05) is 45.0 Å². The van der Waals surface area contributed by atoms with Crippen LogP contribution in [0.1, 0.15) is 45.1 Å². The van der Waals surface area contributed by atoms with Gasteiger partial charge in [-0.25, -0.2) is 4.79 Å². The highest BCUT2D eigenvalue weighted by Crippen LogP contribution is 2.58. The highest BCUT2D eigenvalue weighted by atomic mass is 35.5. The molecule has 122 valence electrons. The number of benzene rings is 1. The number of carbonyl (C=O) groups excluding carboxylic acids is 1. The van der Waals surface area contributed by atoms with Crippen molar-refractivity contribution in [2.45, 2.75) is 50.7 Å². The van der Waals surface area contributed by atoms with E-state index in [-0.39, 0.29) is 23.5 Å². The number of carbonyl (C=O) groups is 1. The van der Waals surface area contributed by atoms with Crippen molar-refractivity contribution in [3.63, 3.8) is 0 Å². The maximum Gasteiger partial charge on any atom is 0.410 e. The molecule has 1 saturated carbocycles. The Labute approximate surface area is 142 Å². The van der Waals surface area contributed by atoms with Crippen LogP contribution >= 0.6 is 11.6 Å². The standard InChI is InChI=1S/C18H21ClN2O2/c1-17(2,3)23-16(22)21-11-14(12-5-4-6-13(19)9-12)15(10-20)18(21)7-8-18/h4-6,9,14-15H,7-8,11H2,1-3H3/t14-,15-/m0/s1. The van der Waals surface area contributed by atoms with E-state index in [0.29, 0.717) is 11.6 Å². The normalized spacial score (nSPS) is 25.3. The van der Waals surface area contributed by atoms with Crippen molar-refractivity contribution in [1.82, 2.24) is 4.90 Å². The number of ether oxygens (including phenoxy) is 1. The van der Waals surface area contributed by atoms with E-state index in [1.54, 1.807) is 4.90 Å². The molecule has 4 nitrogen and oxygen atoms in total. The maximum atomic E-state index is 12.6. The number of rotatable bonds is 1. The van der Waals surface area contributed by atoms with E-state index in [2.05, 4.69) is 6.07 Å². The van der Waals surface area contributed by atoms with Crippen LogP contribution in [0, 0.1) is 17.2 Å². The minimum Gasteiger partial charge on any atom is -0.444 e. The van der Waals surface area contributed by atoms with E-state index in [1.165, 1.54) is 0 Å². The van der Waals surface area contributed by atoms with Crippen molar-refractivity contribution < 1.29 is 9.53 Å². The first kappa shape index (κ1) is 16.1. The Balaban J connectivity index is 1.90. The van der Waals surface area contributed by atoms with E-state index < -0.39 is 5.60 Å². The Hall–Kier alpha value is -1.73. The summed E-state index contributed by atoms with van der Waals surface area (Å²) in [5.41, 5.74) is 0.120. The number of hydrogen-bond acceptors (Lipinski definition) is 3. The smallest absolute Gasteiger partial charge is 0.410 e. The summed E-state index contributed by atoms with van der Waals surface area (Å²) in [5.74, 6) is -0.234. The highest BCUT2D eigenvalue weighted by molar-refractivity contribution is 6.30. The predicted molar refractivity (Wildman–Crippen MR) is 88.2 cm³/mol. The average molecular weight is 333 g/mol. The number of hydrogen-bond donors (Lipinski definition) is 0. The van der Waals surface area contributed by atoms with Crippen molar-refractivity contribution >= 4 is 17.7 Å². The van der Waals surface area contributed by atoms with Gasteiger partial charge in [0.15, 0.2) is 0 Å². The molecule has 5 heteroatoms. The van der Waals surface area contributed by atoms with Gasteiger partial charge in [-0.15, -0.1) is 0 Å². The largest absolute Gasteiger partial charge is 0.444 e. The van der Waals surface area contributed by atoms with Crippen LogP contribution in [0.4, 0.5) is 4.79 Å². The molecule has 2 fully saturated rings. The van der Waals surface area contributed by atoms with Crippen LogP contribution in [0.5, 0.6) is 0 Å². The lowest BCUT2D eigenvalue weighted by molar-refractivity contribution is 0.0190. The van der Waals surface area contributed by atoms with Crippen LogP contribution in [0.2, 0.25) is 5.02 Å². The van der Waals surface area contributed by atoms with Crippen LogP contribution in [-0.2, 0) is 4.74 Å². The van der Waals surface area contributed by atoms with Gasteiger partial charge in [-0.2, -0.15) is 5.26 Å². The summed E-state index contributed by atoms with van der Waals surface area (Å²) in [6.07, 6.45) is 1.41. The zero-order valence-corrected chi connectivity index (χ0v) is 14.4. The zero-order valence-electron chi connectivity index (χ0n) is 13.7. The number of nitrogens with zero attached hydrogens (tertiary/aromatic N) is 2. The fraction of sp³-hybridized carbons (Fsp3) is 0.556. The third kappa shape index (κ3) is 2.90. The van der Waals surface area contributed by atoms with Crippen molar-refractivity contribution in [2.75, 3.05) is 6.54 Å². The molecule has 1 aliphatic heterocycles. The van der Waals surface area contributed by atoms with Crippen molar-refractivity contribution in [3.8, 4) is 6.07 Å². The zero-order chi connectivity index (χ0) is 16.8. The molecular formula is C18H21ClN2O2. The SMILES string of the molecule is CC(C)(C)OC(=O)N1C[C@@H](c2cccc(Cl)c2)[C@H](C#N)C12CC2. The molecule has 0 unspecified atom stereocenters. The minimum absolute atomic E-state index is 0.0197. The quantitative estimate of drug-likeness (QED) is 0.768. The number of amides is 1. The molecule has 1 saturated heterocycles. The van der Waals surface area contributed by atoms with E-state index in [4.69, 9.17) is 16.3 Å². The molecule has 1 amide bonds. The van der Waals surface area contributed by atoms with Crippen LogP contribution in [0.3, 0.4) is 0 Å². The molecular weight excluding hydrogens is 312 g/mol. The molecule has 0 aromatic heterocycles. The Morgan fingerprint density at radius 3 is 2.65 bits per heavy atom. The third-order valence-electron chi connectivity index (χ3n) is 4.69. The monoisotopic (exact) mass is 332 g/mol. The average Bonchev–Trinajstić information content (AvgIpc) is 3.13. The van der Waals surface area contributed by atoms with Gasteiger partial charge in [0.2, 0.25) is 0 Å². The van der Waals surface area contributed by atoms with Gasteiger partial charge in [0.05, 0.1) is 17.5 Å². The lowest BCUT2D eigenvalue weighted by Crippen LogP contribution is -2.42. The first-order valence-electron chi connectivity index (χ1n) is 7.92. The van der Waals surface area contributed by atoms with Crippen LogP contribution < -0.4 is 0 Å². The molecule has 1 spiro atoms. The summed E-state index contributed by atoms with van der Waals surface area (Å²) >= 11 is 6.10. The van der Waals surface area contributed by atoms with Crippen LogP contribution in [0.15, 0.2) is 24.3 Å². The van der Waals surface area contributed by atoms with Crippen molar-refractivity contribution in [3.05, 3.63) is 34.9 Å². The van der Waals surface area contributed by atoms with E-state index in [9.17, 15) is 10.1 Å². The Kier molecular flexibility index (Phi) is 3.80. The van der Waals surface area contributed by atoms with E-state index >= 15 is 0 Å². The molecule has 0 radical (unpaired) electrons. The second-order valence-corrected chi connectivity index (χ2v) is 7.90. The molecule has 3 rings (SSSR count). The van der Waals surface area contributed by atoms with Gasteiger partial charge in [0, 0.05) is 17.5 Å². The molecule has 0 N–H and O–H groups in total. The summed E-state index contributed by atoms with van der Waals surface area (Å²) < 4.78 is 5.55. The van der Waals surface area contributed by atoms with Gasteiger partial charge in [0.25, 0.3) is 0 Å². The highest BCUT2D eigenvalue weighted by Gasteiger charge is 2.64. The number of halogens is 1. The molecule has 1 heterocycles. The maximum absolute atomic E-state index is 12.6. The molecule has 23 heavy (non-hydrogen) atoms. The Bertz CT molecular complexity index is 670.